The van der Waals surface area contributed by atoms with Crippen LogP contribution in [0.4, 0.5) is 0 Å². The predicted molar refractivity (Wildman–Crippen MR) is 64.2 cm³/mol. The standard InChI is InChI=1S/C13H16N2O/c1-9-4-5-11(6-10(9)2)13-12(7-14-3)8-15-16-13/h4-6,8,14H,7H2,1-3H3. The van der Waals surface area contributed by atoms with Crippen molar-refractivity contribution in [1.29, 1.82) is 0 Å². The van der Waals surface area contributed by atoms with Gasteiger partial charge < -0.3 is 9.84 Å². The zero-order valence-electron chi connectivity index (χ0n) is 9.87. The van der Waals surface area contributed by atoms with Gasteiger partial charge >= 0.3 is 0 Å². The van der Waals surface area contributed by atoms with Crippen LogP contribution < -0.4 is 5.32 Å². The second-order valence-corrected chi connectivity index (χ2v) is 4.01. The van der Waals surface area contributed by atoms with Gasteiger partial charge in [0.25, 0.3) is 0 Å². The molecule has 1 aromatic heterocycles. The molecule has 0 aliphatic carbocycles. The zero-order valence-corrected chi connectivity index (χ0v) is 9.87. The molecule has 2 aromatic rings. The average Bonchev–Trinajstić information content (AvgIpc) is 2.71. The summed E-state index contributed by atoms with van der Waals surface area (Å²) in [4.78, 5) is 0. The lowest BCUT2D eigenvalue weighted by molar-refractivity contribution is 0.431. The van der Waals surface area contributed by atoms with Crippen LogP contribution in [0.3, 0.4) is 0 Å². The molecule has 0 saturated heterocycles. The molecule has 0 radical (unpaired) electrons. The van der Waals surface area contributed by atoms with Crippen molar-refractivity contribution < 1.29 is 4.52 Å². The summed E-state index contributed by atoms with van der Waals surface area (Å²) in [7, 11) is 1.91. The molecule has 0 saturated carbocycles. The van der Waals surface area contributed by atoms with Crippen LogP contribution in [-0.2, 0) is 6.54 Å². The lowest BCUT2D eigenvalue weighted by Crippen LogP contribution is -2.04. The van der Waals surface area contributed by atoms with Crippen LogP contribution >= 0.6 is 0 Å². The number of aromatic nitrogens is 1. The van der Waals surface area contributed by atoms with Gasteiger partial charge in [-0.15, -0.1) is 0 Å². The Kier molecular flexibility index (Phi) is 3.06. The Labute approximate surface area is 95.5 Å². The summed E-state index contributed by atoms with van der Waals surface area (Å²) in [6.07, 6.45) is 1.76. The summed E-state index contributed by atoms with van der Waals surface area (Å²) in [5.74, 6) is 0.859. The Morgan fingerprint density at radius 1 is 1.25 bits per heavy atom. The van der Waals surface area contributed by atoms with Crippen molar-refractivity contribution in [3.63, 3.8) is 0 Å². The molecule has 1 N–H and O–H groups in total. The third-order valence-electron chi connectivity index (χ3n) is 2.78. The number of nitrogens with one attached hydrogen (secondary N) is 1. The van der Waals surface area contributed by atoms with Crippen LogP contribution in [-0.4, -0.2) is 12.2 Å². The van der Waals surface area contributed by atoms with E-state index in [0.717, 1.165) is 23.4 Å². The highest BCUT2D eigenvalue weighted by Gasteiger charge is 2.10. The number of nitrogens with zero attached hydrogens (tertiary/aromatic N) is 1. The maximum Gasteiger partial charge on any atom is 0.171 e. The monoisotopic (exact) mass is 216 g/mol. The molecule has 3 heteroatoms. The fraction of sp³-hybridized carbons (Fsp3) is 0.308. The first-order valence-electron chi connectivity index (χ1n) is 5.38. The number of hydrogen-bond acceptors (Lipinski definition) is 3. The molecule has 2 rings (SSSR count). The summed E-state index contributed by atoms with van der Waals surface area (Å²) in [5.41, 5.74) is 4.74. The van der Waals surface area contributed by atoms with E-state index in [1.165, 1.54) is 11.1 Å². The Bertz CT molecular complexity index is 488. The summed E-state index contributed by atoms with van der Waals surface area (Å²) < 4.78 is 5.31. The van der Waals surface area contributed by atoms with E-state index < -0.39 is 0 Å². The first kappa shape index (κ1) is 10.9. The first-order chi connectivity index (χ1) is 7.72. The van der Waals surface area contributed by atoms with Crippen molar-refractivity contribution >= 4 is 0 Å². The van der Waals surface area contributed by atoms with Crippen molar-refractivity contribution in [3.8, 4) is 11.3 Å². The molecule has 0 aliphatic heterocycles. The molecule has 0 fully saturated rings. The summed E-state index contributed by atoms with van der Waals surface area (Å²) in [6, 6.07) is 6.31. The van der Waals surface area contributed by atoms with Crippen molar-refractivity contribution in [3.05, 3.63) is 41.1 Å². The fourth-order valence-corrected chi connectivity index (χ4v) is 1.70. The molecule has 1 aromatic carbocycles. The molecule has 16 heavy (non-hydrogen) atoms. The molecule has 0 amide bonds. The highest BCUT2D eigenvalue weighted by Crippen LogP contribution is 2.25. The van der Waals surface area contributed by atoms with Crippen LogP contribution in [0.1, 0.15) is 16.7 Å². The van der Waals surface area contributed by atoms with Gasteiger partial charge in [0, 0.05) is 17.7 Å². The van der Waals surface area contributed by atoms with E-state index >= 15 is 0 Å². The minimum Gasteiger partial charge on any atom is -0.356 e. The third kappa shape index (κ3) is 1.99. The molecule has 0 spiro atoms. The Balaban J connectivity index is 2.42. The molecule has 0 unspecified atom stereocenters. The van der Waals surface area contributed by atoms with Crippen LogP contribution in [0.25, 0.3) is 11.3 Å². The Morgan fingerprint density at radius 2 is 2.06 bits per heavy atom. The first-order valence-corrected chi connectivity index (χ1v) is 5.38. The van der Waals surface area contributed by atoms with E-state index in [9.17, 15) is 0 Å². The third-order valence-corrected chi connectivity index (χ3v) is 2.78. The summed E-state index contributed by atoms with van der Waals surface area (Å²) in [5, 5.41) is 6.96. The van der Waals surface area contributed by atoms with Crippen molar-refractivity contribution in [1.82, 2.24) is 10.5 Å². The maximum absolute atomic E-state index is 5.31. The molecular formula is C13H16N2O. The Morgan fingerprint density at radius 3 is 2.75 bits per heavy atom. The minimum atomic E-state index is 0.770. The number of hydrogen-bond donors (Lipinski definition) is 1. The van der Waals surface area contributed by atoms with Gasteiger partial charge in [-0.3, -0.25) is 0 Å². The second kappa shape index (κ2) is 4.49. The van der Waals surface area contributed by atoms with Crippen LogP contribution in [0.5, 0.6) is 0 Å². The predicted octanol–water partition coefficient (Wildman–Crippen LogP) is 2.68. The molecule has 1 heterocycles. The largest absolute Gasteiger partial charge is 0.356 e. The van der Waals surface area contributed by atoms with Crippen molar-refractivity contribution in [2.75, 3.05) is 7.05 Å². The van der Waals surface area contributed by atoms with Crippen LogP contribution in [0, 0.1) is 13.8 Å². The van der Waals surface area contributed by atoms with Crippen molar-refractivity contribution in [2.45, 2.75) is 20.4 Å². The zero-order chi connectivity index (χ0) is 11.5. The van der Waals surface area contributed by atoms with Gasteiger partial charge in [0.1, 0.15) is 0 Å². The van der Waals surface area contributed by atoms with E-state index in [0.29, 0.717) is 0 Å². The minimum absolute atomic E-state index is 0.770. The summed E-state index contributed by atoms with van der Waals surface area (Å²) >= 11 is 0. The SMILES string of the molecule is CNCc1cnoc1-c1ccc(C)c(C)c1. The lowest BCUT2D eigenvalue weighted by atomic mass is 10.0. The van der Waals surface area contributed by atoms with E-state index in [4.69, 9.17) is 4.52 Å². The number of benzene rings is 1. The fourth-order valence-electron chi connectivity index (χ4n) is 1.70. The van der Waals surface area contributed by atoms with E-state index in [-0.39, 0.29) is 0 Å². The second-order valence-electron chi connectivity index (χ2n) is 4.01. The van der Waals surface area contributed by atoms with Gasteiger partial charge in [-0.1, -0.05) is 17.3 Å². The topological polar surface area (TPSA) is 38.1 Å². The highest BCUT2D eigenvalue weighted by molar-refractivity contribution is 5.62. The smallest absolute Gasteiger partial charge is 0.171 e. The van der Waals surface area contributed by atoms with Gasteiger partial charge in [0.2, 0.25) is 0 Å². The van der Waals surface area contributed by atoms with E-state index in [2.05, 4.69) is 42.5 Å². The highest BCUT2D eigenvalue weighted by atomic mass is 16.5. The van der Waals surface area contributed by atoms with Crippen molar-refractivity contribution in [2.24, 2.45) is 0 Å². The van der Waals surface area contributed by atoms with Gasteiger partial charge in [-0.05, 0) is 38.1 Å². The van der Waals surface area contributed by atoms with E-state index in [1.54, 1.807) is 6.20 Å². The van der Waals surface area contributed by atoms with Crippen LogP contribution in [0.15, 0.2) is 28.9 Å². The molecular weight excluding hydrogens is 200 g/mol. The Hall–Kier alpha value is -1.61. The van der Waals surface area contributed by atoms with Gasteiger partial charge in [0.05, 0.1) is 6.20 Å². The molecule has 0 bridgehead atoms. The van der Waals surface area contributed by atoms with Crippen LogP contribution in [0.2, 0.25) is 0 Å². The average molecular weight is 216 g/mol. The number of rotatable bonds is 3. The molecule has 84 valence electrons. The van der Waals surface area contributed by atoms with E-state index in [1.807, 2.05) is 7.05 Å². The normalized spacial score (nSPS) is 10.7. The number of aryl methyl sites for hydroxylation is 2. The van der Waals surface area contributed by atoms with Gasteiger partial charge in [-0.25, -0.2) is 0 Å². The maximum atomic E-state index is 5.31. The van der Waals surface area contributed by atoms with Gasteiger partial charge in [-0.2, -0.15) is 0 Å². The molecule has 0 atom stereocenters. The quantitative estimate of drug-likeness (QED) is 0.857. The van der Waals surface area contributed by atoms with Gasteiger partial charge in [0.15, 0.2) is 5.76 Å². The lowest BCUT2D eigenvalue weighted by Gasteiger charge is -2.04. The summed E-state index contributed by atoms with van der Waals surface area (Å²) in [6.45, 7) is 4.98. The molecule has 3 nitrogen and oxygen atoms in total. The molecule has 0 aliphatic rings.